The third kappa shape index (κ3) is 3.56. The van der Waals surface area contributed by atoms with Crippen LogP contribution in [0.15, 0.2) is 47.8 Å². The number of hydrogen-bond donors (Lipinski definition) is 1. The fourth-order valence-corrected chi connectivity index (χ4v) is 4.19. The highest BCUT2D eigenvalue weighted by molar-refractivity contribution is 7.10. The minimum absolute atomic E-state index is 0.344. The smallest absolute Gasteiger partial charge is 0.0673 e. The molecular formula is C19H25NS. The van der Waals surface area contributed by atoms with Crippen molar-refractivity contribution in [3.05, 3.63) is 58.3 Å². The van der Waals surface area contributed by atoms with Gasteiger partial charge in [-0.3, -0.25) is 0 Å². The molecule has 21 heavy (non-hydrogen) atoms. The maximum Gasteiger partial charge on any atom is 0.0673 e. The van der Waals surface area contributed by atoms with Crippen LogP contribution in [-0.4, -0.2) is 6.04 Å². The zero-order chi connectivity index (χ0) is 14.7. The van der Waals surface area contributed by atoms with Crippen LogP contribution in [0.4, 0.5) is 0 Å². The summed E-state index contributed by atoms with van der Waals surface area (Å²) in [5.41, 5.74) is 1.38. The first-order valence-corrected chi connectivity index (χ1v) is 8.96. The van der Waals surface area contributed by atoms with Gasteiger partial charge in [0.1, 0.15) is 0 Å². The van der Waals surface area contributed by atoms with Crippen LogP contribution in [0.2, 0.25) is 0 Å². The maximum atomic E-state index is 3.94. The van der Waals surface area contributed by atoms with Gasteiger partial charge in [0.2, 0.25) is 0 Å². The van der Waals surface area contributed by atoms with E-state index in [-0.39, 0.29) is 0 Å². The molecule has 1 fully saturated rings. The first kappa shape index (κ1) is 14.8. The van der Waals surface area contributed by atoms with Crippen LogP contribution in [0.5, 0.6) is 0 Å². The fourth-order valence-electron chi connectivity index (χ4n) is 3.38. The molecule has 0 spiro atoms. The van der Waals surface area contributed by atoms with Gasteiger partial charge in [0.25, 0.3) is 0 Å². The van der Waals surface area contributed by atoms with Gasteiger partial charge in [-0.15, -0.1) is 11.3 Å². The summed E-state index contributed by atoms with van der Waals surface area (Å²) in [6.07, 6.45) is 3.96. The molecule has 0 aliphatic heterocycles. The Labute approximate surface area is 132 Å². The number of hydrogen-bond acceptors (Lipinski definition) is 2. The van der Waals surface area contributed by atoms with Crippen LogP contribution in [0.1, 0.15) is 49.6 Å². The molecule has 0 radical (unpaired) electrons. The van der Waals surface area contributed by atoms with Gasteiger partial charge in [0.05, 0.1) is 6.04 Å². The van der Waals surface area contributed by atoms with Crippen LogP contribution in [-0.2, 0) is 0 Å². The van der Waals surface area contributed by atoms with E-state index in [9.17, 15) is 0 Å². The Morgan fingerprint density at radius 1 is 1.00 bits per heavy atom. The molecule has 2 aromatic rings. The molecule has 3 rings (SSSR count). The molecule has 1 aromatic carbocycles. The average Bonchev–Trinajstić information content (AvgIpc) is 3.03. The van der Waals surface area contributed by atoms with Gasteiger partial charge >= 0.3 is 0 Å². The predicted octanol–water partition coefficient (Wildman–Crippen LogP) is 5.25. The van der Waals surface area contributed by atoms with Crippen molar-refractivity contribution in [2.45, 2.75) is 45.2 Å². The van der Waals surface area contributed by atoms with Crippen LogP contribution in [0, 0.1) is 11.8 Å². The molecule has 0 bridgehead atoms. The molecule has 2 heteroatoms. The SMILES string of the molecule is CC1CCC(NC(c2ccccc2)c2cccs2)CC1C. The summed E-state index contributed by atoms with van der Waals surface area (Å²) in [7, 11) is 0. The number of rotatable bonds is 4. The molecule has 1 aromatic heterocycles. The minimum Gasteiger partial charge on any atom is -0.303 e. The Morgan fingerprint density at radius 3 is 2.48 bits per heavy atom. The second-order valence-electron chi connectivity index (χ2n) is 6.49. The molecule has 1 N–H and O–H groups in total. The van der Waals surface area contributed by atoms with E-state index >= 15 is 0 Å². The molecule has 1 heterocycles. The van der Waals surface area contributed by atoms with Gasteiger partial charge in [0.15, 0.2) is 0 Å². The van der Waals surface area contributed by atoms with Crippen molar-refractivity contribution in [2.24, 2.45) is 11.8 Å². The lowest BCUT2D eigenvalue weighted by atomic mass is 9.79. The summed E-state index contributed by atoms with van der Waals surface area (Å²) in [4.78, 5) is 1.42. The van der Waals surface area contributed by atoms with Crippen molar-refractivity contribution in [3.8, 4) is 0 Å². The van der Waals surface area contributed by atoms with E-state index in [4.69, 9.17) is 0 Å². The second kappa shape index (κ2) is 6.76. The van der Waals surface area contributed by atoms with E-state index in [1.165, 1.54) is 29.7 Å². The van der Waals surface area contributed by atoms with Gasteiger partial charge in [-0.25, -0.2) is 0 Å². The Hall–Kier alpha value is -1.12. The highest BCUT2D eigenvalue weighted by Gasteiger charge is 2.27. The van der Waals surface area contributed by atoms with Gasteiger partial charge in [-0.1, -0.05) is 50.2 Å². The normalized spacial score (nSPS) is 27.4. The molecular weight excluding hydrogens is 274 g/mol. The largest absolute Gasteiger partial charge is 0.303 e. The fraction of sp³-hybridized carbons (Fsp3) is 0.474. The van der Waals surface area contributed by atoms with Crippen molar-refractivity contribution in [2.75, 3.05) is 0 Å². The summed E-state index contributed by atoms with van der Waals surface area (Å²) < 4.78 is 0. The standard InChI is InChI=1S/C19H25NS/c1-14-10-11-17(13-15(14)2)20-19(18-9-6-12-21-18)16-7-4-3-5-8-16/h3-9,12,14-15,17,19-20H,10-11,13H2,1-2H3. The Kier molecular flexibility index (Phi) is 4.77. The Balaban J connectivity index is 1.77. The van der Waals surface area contributed by atoms with Gasteiger partial charge in [-0.2, -0.15) is 0 Å². The third-order valence-electron chi connectivity index (χ3n) is 4.96. The molecule has 0 saturated heterocycles. The summed E-state index contributed by atoms with van der Waals surface area (Å²) in [5, 5.41) is 6.12. The van der Waals surface area contributed by atoms with E-state index in [2.05, 4.69) is 67.0 Å². The molecule has 4 unspecified atom stereocenters. The Bertz CT molecular complexity index is 534. The molecule has 1 saturated carbocycles. The zero-order valence-corrected chi connectivity index (χ0v) is 13.8. The summed E-state index contributed by atoms with van der Waals surface area (Å²) in [6, 6.07) is 16.3. The van der Waals surface area contributed by atoms with Crippen LogP contribution in [0.3, 0.4) is 0 Å². The topological polar surface area (TPSA) is 12.0 Å². The molecule has 112 valence electrons. The van der Waals surface area contributed by atoms with Gasteiger partial charge in [-0.05, 0) is 48.1 Å². The van der Waals surface area contributed by atoms with E-state index in [0.717, 1.165) is 11.8 Å². The molecule has 0 amide bonds. The Morgan fingerprint density at radius 2 is 1.81 bits per heavy atom. The van der Waals surface area contributed by atoms with Crippen molar-refractivity contribution in [1.82, 2.24) is 5.32 Å². The lowest BCUT2D eigenvalue weighted by molar-refractivity contribution is 0.220. The van der Waals surface area contributed by atoms with E-state index in [1.807, 2.05) is 11.3 Å². The first-order chi connectivity index (χ1) is 10.2. The van der Waals surface area contributed by atoms with E-state index < -0.39 is 0 Å². The van der Waals surface area contributed by atoms with Crippen LogP contribution < -0.4 is 5.32 Å². The lowest BCUT2D eigenvalue weighted by Crippen LogP contribution is -2.38. The molecule has 1 nitrogen and oxygen atoms in total. The zero-order valence-electron chi connectivity index (χ0n) is 13.0. The van der Waals surface area contributed by atoms with Gasteiger partial charge in [0, 0.05) is 10.9 Å². The minimum atomic E-state index is 0.344. The highest BCUT2D eigenvalue weighted by atomic mass is 32.1. The van der Waals surface area contributed by atoms with E-state index in [1.54, 1.807) is 0 Å². The monoisotopic (exact) mass is 299 g/mol. The summed E-state index contributed by atoms with van der Waals surface area (Å²) in [6.45, 7) is 4.80. The second-order valence-corrected chi connectivity index (χ2v) is 7.47. The molecule has 1 aliphatic rings. The van der Waals surface area contributed by atoms with Crippen molar-refractivity contribution >= 4 is 11.3 Å². The predicted molar refractivity (Wildman–Crippen MR) is 91.7 cm³/mol. The van der Waals surface area contributed by atoms with E-state index in [0.29, 0.717) is 12.1 Å². The third-order valence-corrected chi connectivity index (χ3v) is 5.90. The highest BCUT2D eigenvalue weighted by Crippen LogP contribution is 2.33. The quantitative estimate of drug-likeness (QED) is 0.813. The average molecular weight is 299 g/mol. The lowest BCUT2D eigenvalue weighted by Gasteiger charge is -2.35. The number of thiophene rings is 1. The number of nitrogens with one attached hydrogen (secondary N) is 1. The summed E-state index contributed by atoms with van der Waals surface area (Å²) >= 11 is 1.85. The maximum absolute atomic E-state index is 3.94. The van der Waals surface area contributed by atoms with Gasteiger partial charge < -0.3 is 5.32 Å². The molecule has 4 atom stereocenters. The van der Waals surface area contributed by atoms with Crippen LogP contribution in [0.25, 0.3) is 0 Å². The summed E-state index contributed by atoms with van der Waals surface area (Å²) in [5.74, 6) is 1.70. The van der Waals surface area contributed by atoms with Crippen molar-refractivity contribution in [3.63, 3.8) is 0 Å². The van der Waals surface area contributed by atoms with Crippen molar-refractivity contribution in [1.29, 1.82) is 0 Å². The molecule has 1 aliphatic carbocycles. The van der Waals surface area contributed by atoms with Crippen molar-refractivity contribution < 1.29 is 0 Å². The number of benzene rings is 1. The first-order valence-electron chi connectivity index (χ1n) is 8.08. The van der Waals surface area contributed by atoms with Crippen LogP contribution >= 0.6 is 11.3 Å².